The molecule has 30 nitrogen and oxygen atoms in total. The lowest BCUT2D eigenvalue weighted by Gasteiger charge is -2.44. The van der Waals surface area contributed by atoms with Crippen molar-refractivity contribution in [3.63, 3.8) is 0 Å². The van der Waals surface area contributed by atoms with E-state index in [4.69, 9.17) is 19.7 Å². The van der Waals surface area contributed by atoms with E-state index in [2.05, 4.69) is 5.32 Å². The van der Waals surface area contributed by atoms with Crippen LogP contribution in [0.15, 0.2) is 0 Å². The van der Waals surface area contributed by atoms with Crippen LogP contribution >= 0.6 is 15.2 Å². The molecule has 2 amide bonds. The molecule has 17 N–H and O–H groups in total. The first kappa shape index (κ1) is 55.7. The Kier molecular flexibility index (Phi) is 23.4. The molecule has 354 valence electrons. The number of carbonyl (C=O) groups excluding carboxylic acids is 2. The van der Waals surface area contributed by atoms with Crippen molar-refractivity contribution in [2.24, 2.45) is 0 Å². The lowest BCUT2D eigenvalue weighted by Crippen LogP contribution is -2.67. The molecular weight excluding hydrogens is 880 g/mol. The Labute approximate surface area is 344 Å². The topological polar surface area (TPSA) is 492 Å². The normalized spacial score (nSPS) is 21.9. The molecule has 9 atom stereocenters. The van der Waals surface area contributed by atoms with Gasteiger partial charge in [0, 0.05) is 26.2 Å². The van der Waals surface area contributed by atoms with Gasteiger partial charge in [-0.3, -0.25) is 52.6 Å². The van der Waals surface area contributed by atoms with Crippen LogP contribution in [-0.2, 0) is 47.4 Å². The predicted molar refractivity (Wildman–Crippen MR) is 195 cm³/mol. The first-order valence-electron chi connectivity index (χ1n) is 17.7. The van der Waals surface area contributed by atoms with Gasteiger partial charge in [-0.15, -0.1) is 0 Å². The number of aliphatic hydroxyl groups excluding tert-OH is 7. The third-order valence-electron chi connectivity index (χ3n) is 8.77. The van der Waals surface area contributed by atoms with Crippen molar-refractivity contribution < 1.29 is 123 Å². The molecule has 1 fully saturated rings. The molecular formula is C29H53N5O25P2. The van der Waals surface area contributed by atoms with Crippen LogP contribution in [0.5, 0.6) is 0 Å². The summed E-state index contributed by atoms with van der Waals surface area (Å²) < 4.78 is 34.3. The molecule has 0 bridgehead atoms. The van der Waals surface area contributed by atoms with E-state index in [1.54, 1.807) is 0 Å². The van der Waals surface area contributed by atoms with E-state index in [1.807, 2.05) is 5.32 Å². The molecule has 0 aromatic carbocycles. The average Bonchev–Trinajstić information content (AvgIpc) is 3.12. The Balaban J connectivity index is 3.29. The number of carboxylic acid groups (broad SMARTS) is 4. The highest BCUT2D eigenvalue weighted by Crippen LogP contribution is 2.61. The number of aliphatic hydroxyl groups is 7. The molecule has 4 unspecified atom stereocenters. The summed E-state index contributed by atoms with van der Waals surface area (Å²) in [6.07, 6.45) is -16.5. The van der Waals surface area contributed by atoms with Crippen LogP contribution in [0, 0.1) is 0 Å². The number of nitrogens with one attached hydrogen (secondary N) is 2. The average molecular weight is 934 g/mol. The summed E-state index contributed by atoms with van der Waals surface area (Å²) in [6.45, 7) is -8.38. The number of hydrogen-bond acceptors (Lipinski definition) is 20. The van der Waals surface area contributed by atoms with Gasteiger partial charge in [0.2, 0.25) is 11.8 Å². The van der Waals surface area contributed by atoms with Crippen LogP contribution in [0.2, 0.25) is 0 Å². The van der Waals surface area contributed by atoms with Crippen molar-refractivity contribution in [2.75, 3.05) is 78.7 Å². The van der Waals surface area contributed by atoms with E-state index < -0.39 is 170 Å². The predicted octanol–water partition coefficient (Wildman–Crippen LogP) is -9.20. The second-order valence-electron chi connectivity index (χ2n) is 13.6. The molecule has 0 radical (unpaired) electrons. The molecule has 1 saturated heterocycles. The Hall–Kier alpha value is -3.36. The SMILES string of the molecule is O=C(O)CN(CCN(CC(=O)O)CC(=O)O)CCN(CC(=O)O)CC(=O)NC(CO)[C@@H](O)[C@@H](O[C@@H]1OC(CO)[C@H](O)[C@H](O)C1NC(=O)CC(P(=O)(O)O)P(=O)(O)O)C(O)CO. The monoisotopic (exact) mass is 933 g/mol. The molecule has 1 rings (SSSR count). The number of aliphatic carboxylic acids is 4. The van der Waals surface area contributed by atoms with Crippen molar-refractivity contribution in [3.05, 3.63) is 0 Å². The van der Waals surface area contributed by atoms with Crippen LogP contribution in [0.1, 0.15) is 6.42 Å². The third kappa shape index (κ3) is 19.7. The van der Waals surface area contributed by atoms with E-state index in [9.17, 15) is 103 Å². The van der Waals surface area contributed by atoms with Crippen molar-refractivity contribution in [1.82, 2.24) is 25.3 Å². The van der Waals surface area contributed by atoms with Gasteiger partial charge in [-0.1, -0.05) is 0 Å². The molecule has 1 aliphatic rings. The van der Waals surface area contributed by atoms with Crippen LogP contribution in [0.25, 0.3) is 0 Å². The molecule has 0 aliphatic carbocycles. The summed E-state index contributed by atoms with van der Waals surface area (Å²) in [7, 11) is -11.3. The Morgan fingerprint density at radius 3 is 1.51 bits per heavy atom. The summed E-state index contributed by atoms with van der Waals surface area (Å²) in [6, 6.07) is -3.97. The van der Waals surface area contributed by atoms with Crippen molar-refractivity contribution in [2.45, 2.75) is 66.8 Å². The van der Waals surface area contributed by atoms with Gasteiger partial charge < -0.3 is 95.9 Å². The molecule has 1 heterocycles. The van der Waals surface area contributed by atoms with Crippen LogP contribution in [0.4, 0.5) is 0 Å². The van der Waals surface area contributed by atoms with Crippen LogP contribution in [-0.4, -0.2) is 265 Å². The van der Waals surface area contributed by atoms with E-state index in [-0.39, 0.29) is 26.2 Å². The number of hydrogen-bond donors (Lipinski definition) is 17. The molecule has 61 heavy (non-hydrogen) atoms. The summed E-state index contributed by atoms with van der Waals surface area (Å²) in [5.74, 6) is -8.30. The number of rotatable bonds is 30. The largest absolute Gasteiger partial charge is 0.480 e. The zero-order valence-corrected chi connectivity index (χ0v) is 33.8. The van der Waals surface area contributed by atoms with Gasteiger partial charge in [-0.25, -0.2) is 0 Å². The maximum atomic E-state index is 13.1. The molecule has 0 aromatic rings. The summed E-state index contributed by atoms with van der Waals surface area (Å²) in [4.78, 5) is 112. The van der Waals surface area contributed by atoms with E-state index in [0.717, 1.165) is 9.80 Å². The smallest absolute Gasteiger partial charge is 0.341 e. The minimum atomic E-state index is -5.66. The van der Waals surface area contributed by atoms with Gasteiger partial charge in [0.05, 0.1) is 65.0 Å². The van der Waals surface area contributed by atoms with Crippen LogP contribution < -0.4 is 10.6 Å². The van der Waals surface area contributed by atoms with E-state index in [0.29, 0.717) is 0 Å². The number of nitrogens with zero attached hydrogens (tertiary/aromatic N) is 3. The van der Waals surface area contributed by atoms with Gasteiger partial charge in [0.25, 0.3) is 0 Å². The molecule has 32 heteroatoms. The first-order valence-corrected chi connectivity index (χ1v) is 21.1. The second-order valence-corrected chi connectivity index (χ2v) is 17.6. The minimum absolute atomic E-state index is 0.223. The van der Waals surface area contributed by atoms with Gasteiger partial charge in [-0.2, -0.15) is 0 Å². The van der Waals surface area contributed by atoms with E-state index in [1.165, 1.54) is 4.90 Å². The molecule has 0 aromatic heterocycles. The second kappa shape index (κ2) is 25.7. The van der Waals surface area contributed by atoms with Gasteiger partial charge in [-0.05, 0) is 0 Å². The Morgan fingerprint density at radius 1 is 0.656 bits per heavy atom. The highest BCUT2D eigenvalue weighted by atomic mass is 31.2. The Morgan fingerprint density at radius 2 is 1.10 bits per heavy atom. The summed E-state index contributed by atoms with van der Waals surface area (Å²) >= 11 is 0. The third-order valence-corrected chi connectivity index (χ3v) is 12.5. The zero-order valence-electron chi connectivity index (χ0n) is 32.0. The molecule has 1 aliphatic heterocycles. The fraction of sp³-hybridized carbons (Fsp3) is 0.793. The van der Waals surface area contributed by atoms with Gasteiger partial charge in [0.15, 0.2) is 11.7 Å². The fourth-order valence-electron chi connectivity index (χ4n) is 5.81. The highest BCUT2D eigenvalue weighted by molar-refractivity contribution is 7.70. The van der Waals surface area contributed by atoms with Crippen LogP contribution in [0.3, 0.4) is 0 Å². The number of ether oxygens (including phenoxy) is 2. The number of carbonyl (C=O) groups is 6. The number of amides is 2. The van der Waals surface area contributed by atoms with E-state index >= 15 is 0 Å². The minimum Gasteiger partial charge on any atom is -0.480 e. The van der Waals surface area contributed by atoms with Gasteiger partial charge >= 0.3 is 39.1 Å². The summed E-state index contributed by atoms with van der Waals surface area (Å²) in [5, 5.41) is 111. The quantitative estimate of drug-likeness (QED) is 0.0297. The lowest BCUT2D eigenvalue weighted by molar-refractivity contribution is -0.300. The fourth-order valence-corrected chi connectivity index (χ4v) is 8.18. The molecule has 0 saturated carbocycles. The highest BCUT2D eigenvalue weighted by Gasteiger charge is 2.50. The maximum absolute atomic E-state index is 13.1. The number of carboxylic acids is 4. The lowest BCUT2D eigenvalue weighted by atomic mass is 9.96. The Bertz CT molecular complexity index is 1530. The molecule has 0 spiro atoms. The standard InChI is InChI=1S/C29H53N5O25P2/c35-11-14(30-18(40)6-33(8-20(43)44)3-1-32(7-19(41)42)2-4-34(9-21(45)46)10-22(47)48)25(49)28(15(38)12-36)59-29-24(27(51)26(50)16(13-37)58-29)31-17(39)5-23(60(52,53)54)61(55,56)57/h14-16,23-29,35-38,49-51H,1-13H2,(H,30,40)(H,31,39)(H,41,42)(H,43,44)(H,45,46)(H,47,48)(H2,52,53,54)(H2,55,56,57)/t14?,15?,16?,24?,25-,26+,27-,28+,29+/m1/s1. The first-order chi connectivity index (χ1) is 28.1. The zero-order chi connectivity index (χ0) is 47.0. The van der Waals surface area contributed by atoms with Gasteiger partial charge in [0.1, 0.15) is 42.7 Å². The van der Waals surface area contributed by atoms with Crippen molar-refractivity contribution >= 4 is 50.9 Å². The maximum Gasteiger partial charge on any atom is 0.341 e. The summed E-state index contributed by atoms with van der Waals surface area (Å²) in [5.41, 5.74) is 0. The van der Waals surface area contributed by atoms with Crippen molar-refractivity contribution in [3.8, 4) is 0 Å². The van der Waals surface area contributed by atoms with Crippen molar-refractivity contribution in [1.29, 1.82) is 0 Å².